The number of para-hydroxylation sites is 2. The van der Waals surface area contributed by atoms with Crippen LogP contribution < -0.4 is 16.3 Å². The Kier molecular flexibility index (Phi) is 4.87. The molecule has 2 unspecified atom stereocenters. The topological polar surface area (TPSA) is 99.2 Å². The van der Waals surface area contributed by atoms with Crippen LogP contribution in [0, 0.1) is 5.92 Å². The minimum Gasteiger partial charge on any atom is -0.356 e. The Balaban J connectivity index is 1.38. The second-order valence-electron chi connectivity index (χ2n) is 7.36. The molecule has 2 fully saturated rings. The highest BCUT2D eigenvalue weighted by molar-refractivity contribution is 5.79. The number of carbonyl (C=O) groups excluding carboxylic acids is 2. The number of aromatic amines is 1. The van der Waals surface area contributed by atoms with Gasteiger partial charge < -0.3 is 20.5 Å². The normalized spacial score (nSPS) is 22.8. The molecule has 0 spiro atoms. The van der Waals surface area contributed by atoms with E-state index in [0.29, 0.717) is 32.6 Å². The van der Waals surface area contributed by atoms with Gasteiger partial charge in [0.25, 0.3) is 0 Å². The summed E-state index contributed by atoms with van der Waals surface area (Å²) in [6, 6.07) is 7.52. The first-order chi connectivity index (χ1) is 13.1. The molecule has 0 saturated carbocycles. The van der Waals surface area contributed by atoms with E-state index in [1.807, 2.05) is 29.2 Å². The van der Waals surface area contributed by atoms with Gasteiger partial charge in [0.15, 0.2) is 0 Å². The first-order valence-electron chi connectivity index (χ1n) is 9.62. The molecule has 2 saturated heterocycles. The number of carbonyl (C=O) groups is 2. The van der Waals surface area contributed by atoms with Crippen molar-refractivity contribution in [3.8, 4) is 0 Å². The molecule has 1 aromatic carbocycles. The lowest BCUT2D eigenvalue weighted by molar-refractivity contribution is -0.119. The SMILES string of the molecule is O=C1CC(C2CCCCN2C(=O)NCCn2c(=O)[nH]c3ccccc32)CN1. The third-order valence-corrected chi connectivity index (χ3v) is 5.66. The predicted molar refractivity (Wildman–Crippen MR) is 101 cm³/mol. The van der Waals surface area contributed by atoms with Crippen molar-refractivity contribution in [3.63, 3.8) is 0 Å². The van der Waals surface area contributed by atoms with Gasteiger partial charge in [-0.05, 0) is 31.4 Å². The number of rotatable bonds is 4. The summed E-state index contributed by atoms with van der Waals surface area (Å²) in [5.41, 5.74) is 1.46. The van der Waals surface area contributed by atoms with Gasteiger partial charge in [-0.2, -0.15) is 0 Å². The molecule has 2 aliphatic rings. The number of hydrogen-bond acceptors (Lipinski definition) is 3. The van der Waals surface area contributed by atoms with Gasteiger partial charge in [-0.15, -0.1) is 0 Å². The summed E-state index contributed by atoms with van der Waals surface area (Å²) in [7, 11) is 0. The Morgan fingerprint density at radius 1 is 1.22 bits per heavy atom. The molecule has 2 aromatic rings. The van der Waals surface area contributed by atoms with Gasteiger partial charge in [0.2, 0.25) is 5.91 Å². The molecule has 4 rings (SSSR count). The number of hydrogen-bond donors (Lipinski definition) is 3. The summed E-state index contributed by atoms with van der Waals surface area (Å²) in [5.74, 6) is 0.268. The molecule has 3 amide bonds. The predicted octanol–water partition coefficient (Wildman–Crippen LogP) is 1.03. The molecule has 2 atom stereocenters. The highest BCUT2D eigenvalue weighted by atomic mass is 16.2. The van der Waals surface area contributed by atoms with Crippen LogP contribution in [0.25, 0.3) is 11.0 Å². The lowest BCUT2D eigenvalue weighted by Crippen LogP contribution is -2.52. The zero-order valence-electron chi connectivity index (χ0n) is 15.2. The maximum Gasteiger partial charge on any atom is 0.326 e. The van der Waals surface area contributed by atoms with Crippen molar-refractivity contribution in [2.24, 2.45) is 5.92 Å². The number of imidazole rings is 1. The van der Waals surface area contributed by atoms with Crippen molar-refractivity contribution in [1.82, 2.24) is 25.1 Å². The number of fused-ring (bicyclic) bond motifs is 1. The summed E-state index contributed by atoms with van der Waals surface area (Å²) in [4.78, 5) is 41.1. The molecule has 2 aliphatic heterocycles. The Morgan fingerprint density at radius 3 is 2.89 bits per heavy atom. The average molecular weight is 371 g/mol. The average Bonchev–Trinajstić information content (AvgIpc) is 3.25. The third kappa shape index (κ3) is 3.56. The fraction of sp³-hybridized carbons (Fsp3) is 0.526. The highest BCUT2D eigenvalue weighted by Crippen LogP contribution is 2.27. The zero-order chi connectivity index (χ0) is 18.8. The van der Waals surface area contributed by atoms with Crippen LogP contribution >= 0.6 is 0 Å². The fourth-order valence-corrected chi connectivity index (χ4v) is 4.30. The largest absolute Gasteiger partial charge is 0.356 e. The quantitative estimate of drug-likeness (QED) is 0.748. The van der Waals surface area contributed by atoms with Crippen molar-refractivity contribution in [2.45, 2.75) is 38.3 Å². The van der Waals surface area contributed by atoms with Gasteiger partial charge >= 0.3 is 11.7 Å². The summed E-state index contributed by atoms with van der Waals surface area (Å²) >= 11 is 0. The molecular weight excluding hydrogens is 346 g/mol. The summed E-state index contributed by atoms with van der Waals surface area (Å²) in [6.45, 7) is 2.16. The van der Waals surface area contributed by atoms with Crippen molar-refractivity contribution in [2.75, 3.05) is 19.6 Å². The molecule has 8 nitrogen and oxygen atoms in total. The first-order valence-corrected chi connectivity index (χ1v) is 9.62. The van der Waals surface area contributed by atoms with Crippen LogP contribution in [0.5, 0.6) is 0 Å². The molecule has 3 N–H and O–H groups in total. The van der Waals surface area contributed by atoms with Gasteiger partial charge in [-0.3, -0.25) is 9.36 Å². The van der Waals surface area contributed by atoms with Crippen molar-refractivity contribution < 1.29 is 9.59 Å². The zero-order valence-corrected chi connectivity index (χ0v) is 15.2. The summed E-state index contributed by atoms with van der Waals surface area (Å²) in [6.07, 6.45) is 3.51. The van der Waals surface area contributed by atoms with Crippen molar-refractivity contribution in [3.05, 3.63) is 34.7 Å². The maximum absolute atomic E-state index is 12.7. The van der Waals surface area contributed by atoms with Gasteiger partial charge in [0.1, 0.15) is 0 Å². The number of amides is 3. The van der Waals surface area contributed by atoms with Crippen LogP contribution in [0.1, 0.15) is 25.7 Å². The van der Waals surface area contributed by atoms with E-state index < -0.39 is 0 Å². The molecule has 27 heavy (non-hydrogen) atoms. The van der Waals surface area contributed by atoms with E-state index in [1.54, 1.807) is 4.57 Å². The van der Waals surface area contributed by atoms with E-state index in [0.717, 1.165) is 30.3 Å². The highest BCUT2D eigenvalue weighted by Gasteiger charge is 2.36. The Bertz CT molecular complexity index is 902. The summed E-state index contributed by atoms with van der Waals surface area (Å²) < 4.78 is 1.64. The van der Waals surface area contributed by atoms with E-state index in [2.05, 4.69) is 15.6 Å². The minimum absolute atomic E-state index is 0.0737. The van der Waals surface area contributed by atoms with Crippen LogP contribution in [0.3, 0.4) is 0 Å². The van der Waals surface area contributed by atoms with Crippen LogP contribution in [0.4, 0.5) is 4.79 Å². The number of nitrogens with one attached hydrogen (secondary N) is 3. The van der Waals surface area contributed by atoms with E-state index in [-0.39, 0.29) is 29.6 Å². The monoisotopic (exact) mass is 371 g/mol. The third-order valence-electron chi connectivity index (χ3n) is 5.66. The second kappa shape index (κ2) is 7.46. The second-order valence-corrected chi connectivity index (χ2v) is 7.36. The Labute approximate surface area is 156 Å². The van der Waals surface area contributed by atoms with Gasteiger partial charge in [-0.25, -0.2) is 9.59 Å². The molecule has 8 heteroatoms. The number of H-pyrrole nitrogens is 1. The Hall–Kier alpha value is -2.77. The van der Waals surface area contributed by atoms with Gasteiger partial charge in [0.05, 0.1) is 11.0 Å². The van der Waals surface area contributed by atoms with Gasteiger partial charge in [-0.1, -0.05) is 12.1 Å². The lowest BCUT2D eigenvalue weighted by atomic mass is 9.90. The lowest BCUT2D eigenvalue weighted by Gasteiger charge is -2.38. The maximum atomic E-state index is 12.7. The molecule has 0 bridgehead atoms. The standard InChI is InChI=1S/C19H25N5O3/c25-17-11-13(12-21-17)15-6-3-4-9-23(15)18(26)20-8-10-24-16-7-2-1-5-14(16)22-19(24)27/h1-2,5,7,13,15H,3-4,6,8-12H2,(H,20,26)(H,21,25)(H,22,27). The molecule has 3 heterocycles. The number of piperidine rings is 1. The molecule has 0 aliphatic carbocycles. The Morgan fingerprint density at radius 2 is 2.07 bits per heavy atom. The van der Waals surface area contributed by atoms with Crippen LogP contribution in [0.15, 0.2) is 29.1 Å². The van der Waals surface area contributed by atoms with E-state index in [9.17, 15) is 14.4 Å². The van der Waals surface area contributed by atoms with Gasteiger partial charge in [0, 0.05) is 44.6 Å². The molecular formula is C19H25N5O3. The van der Waals surface area contributed by atoms with Crippen molar-refractivity contribution >= 4 is 23.0 Å². The number of likely N-dealkylation sites (tertiary alicyclic amines) is 1. The van der Waals surface area contributed by atoms with E-state index >= 15 is 0 Å². The first kappa shape index (κ1) is 17.6. The van der Waals surface area contributed by atoms with E-state index in [4.69, 9.17) is 0 Å². The molecule has 0 radical (unpaired) electrons. The fourth-order valence-electron chi connectivity index (χ4n) is 4.30. The smallest absolute Gasteiger partial charge is 0.326 e. The van der Waals surface area contributed by atoms with E-state index in [1.165, 1.54) is 0 Å². The minimum atomic E-state index is -0.170. The molecule has 144 valence electrons. The number of aromatic nitrogens is 2. The number of nitrogens with zero attached hydrogens (tertiary/aromatic N) is 2. The number of benzene rings is 1. The van der Waals surface area contributed by atoms with Crippen LogP contribution in [-0.2, 0) is 11.3 Å². The van der Waals surface area contributed by atoms with Crippen molar-refractivity contribution in [1.29, 1.82) is 0 Å². The number of urea groups is 1. The van der Waals surface area contributed by atoms with Crippen LogP contribution in [0.2, 0.25) is 0 Å². The summed E-state index contributed by atoms with van der Waals surface area (Å²) in [5, 5.41) is 5.83. The molecule has 1 aromatic heterocycles. The van der Waals surface area contributed by atoms with Crippen LogP contribution in [-0.4, -0.2) is 52.1 Å².